The number of para-hydroxylation sites is 1. The van der Waals surface area contributed by atoms with Gasteiger partial charge in [-0.25, -0.2) is 4.98 Å². The molecule has 3 rings (SSSR count). The number of aromatic nitrogens is 3. The second-order valence-electron chi connectivity index (χ2n) is 6.03. The van der Waals surface area contributed by atoms with Crippen molar-refractivity contribution in [3.05, 3.63) is 70.5 Å². The Morgan fingerprint density at radius 3 is 2.58 bits per heavy atom. The molecule has 0 aliphatic heterocycles. The molecule has 2 heterocycles. The molecule has 2 aromatic heterocycles. The van der Waals surface area contributed by atoms with Gasteiger partial charge in [0.15, 0.2) is 0 Å². The van der Waals surface area contributed by atoms with Crippen LogP contribution >= 0.6 is 0 Å². The van der Waals surface area contributed by atoms with Crippen molar-refractivity contribution in [1.82, 2.24) is 19.4 Å². The molecule has 5 nitrogen and oxygen atoms in total. The van der Waals surface area contributed by atoms with E-state index in [1.165, 1.54) is 5.56 Å². The third kappa shape index (κ3) is 3.08. The Morgan fingerprint density at radius 1 is 1.17 bits per heavy atom. The number of benzene rings is 1. The van der Waals surface area contributed by atoms with Gasteiger partial charge in [-0.2, -0.15) is 0 Å². The van der Waals surface area contributed by atoms with Crippen LogP contribution in [0.25, 0.3) is 10.9 Å². The number of hydrogen-bond donors (Lipinski definition) is 0. The second-order valence-corrected chi connectivity index (χ2v) is 6.03. The lowest BCUT2D eigenvalue weighted by Crippen LogP contribution is -2.30. The summed E-state index contributed by atoms with van der Waals surface area (Å²) in [5.74, 6) is 0.772. The van der Waals surface area contributed by atoms with Gasteiger partial charge in [0, 0.05) is 25.5 Å². The number of pyridine rings is 1. The van der Waals surface area contributed by atoms with Crippen molar-refractivity contribution in [3.8, 4) is 0 Å². The van der Waals surface area contributed by atoms with Gasteiger partial charge in [-0.3, -0.25) is 19.2 Å². The molecule has 0 saturated carbocycles. The van der Waals surface area contributed by atoms with E-state index < -0.39 is 0 Å². The summed E-state index contributed by atoms with van der Waals surface area (Å²) in [6.45, 7) is 2.77. The highest BCUT2D eigenvalue weighted by Crippen LogP contribution is 2.23. The molecule has 1 aromatic carbocycles. The minimum absolute atomic E-state index is 0.000889. The molecule has 0 aliphatic carbocycles. The van der Waals surface area contributed by atoms with Crippen LogP contribution < -0.4 is 5.56 Å². The van der Waals surface area contributed by atoms with E-state index in [2.05, 4.69) is 23.9 Å². The van der Waals surface area contributed by atoms with E-state index in [-0.39, 0.29) is 11.6 Å². The van der Waals surface area contributed by atoms with Gasteiger partial charge in [0.25, 0.3) is 5.56 Å². The molecule has 0 bridgehead atoms. The molecule has 0 spiro atoms. The smallest absolute Gasteiger partial charge is 0.261 e. The minimum Gasteiger partial charge on any atom is -0.298 e. The van der Waals surface area contributed by atoms with Crippen molar-refractivity contribution in [2.24, 2.45) is 7.05 Å². The molecule has 0 radical (unpaired) electrons. The molecule has 0 amide bonds. The molecule has 124 valence electrons. The average Bonchev–Trinajstić information content (AvgIpc) is 2.61. The highest BCUT2D eigenvalue weighted by Gasteiger charge is 2.17. The van der Waals surface area contributed by atoms with Gasteiger partial charge in [0.1, 0.15) is 5.82 Å². The summed E-state index contributed by atoms with van der Waals surface area (Å²) >= 11 is 0. The molecule has 0 aliphatic rings. The monoisotopic (exact) mass is 322 g/mol. The SMILES string of the molecule is CC[C@H](c1ccncc1)N(C)Cc1nc2ccccc2c(=O)n1C. The standard InChI is InChI=1S/C19H22N4O/c1-4-17(14-9-11-20-12-10-14)22(2)13-18-21-16-8-6-5-7-15(16)19(24)23(18)3/h5-12,17H,4,13H2,1-3H3/t17-/m1/s1. The maximum Gasteiger partial charge on any atom is 0.261 e. The van der Waals surface area contributed by atoms with Crippen LogP contribution in [0, 0.1) is 0 Å². The van der Waals surface area contributed by atoms with Gasteiger partial charge in [-0.05, 0) is 43.3 Å². The Morgan fingerprint density at radius 2 is 1.88 bits per heavy atom. The summed E-state index contributed by atoms with van der Waals surface area (Å²) in [5, 5.41) is 0.660. The van der Waals surface area contributed by atoms with Crippen LogP contribution in [0.3, 0.4) is 0 Å². The Kier molecular flexibility index (Phi) is 4.71. The van der Waals surface area contributed by atoms with Gasteiger partial charge < -0.3 is 0 Å². The first-order chi connectivity index (χ1) is 11.6. The van der Waals surface area contributed by atoms with Crippen molar-refractivity contribution >= 4 is 10.9 Å². The summed E-state index contributed by atoms with van der Waals surface area (Å²) in [6, 6.07) is 11.8. The lowest BCUT2D eigenvalue weighted by molar-refractivity contribution is 0.222. The predicted molar refractivity (Wildman–Crippen MR) is 95.7 cm³/mol. The summed E-state index contributed by atoms with van der Waals surface area (Å²) in [5.41, 5.74) is 1.97. The molecule has 1 atom stereocenters. The fourth-order valence-electron chi connectivity index (χ4n) is 3.13. The van der Waals surface area contributed by atoms with Crippen LogP contribution in [-0.4, -0.2) is 26.5 Å². The molecule has 0 fully saturated rings. The average molecular weight is 322 g/mol. The van der Waals surface area contributed by atoms with Crippen molar-refractivity contribution in [1.29, 1.82) is 0 Å². The van der Waals surface area contributed by atoms with Crippen molar-refractivity contribution in [2.75, 3.05) is 7.05 Å². The van der Waals surface area contributed by atoms with E-state index >= 15 is 0 Å². The third-order valence-electron chi connectivity index (χ3n) is 4.48. The van der Waals surface area contributed by atoms with Crippen LogP contribution in [0.15, 0.2) is 53.6 Å². The van der Waals surface area contributed by atoms with Crippen LogP contribution in [0.5, 0.6) is 0 Å². The third-order valence-corrected chi connectivity index (χ3v) is 4.48. The van der Waals surface area contributed by atoms with Crippen molar-refractivity contribution < 1.29 is 0 Å². The van der Waals surface area contributed by atoms with E-state index in [4.69, 9.17) is 4.98 Å². The van der Waals surface area contributed by atoms with Crippen LogP contribution in [0.4, 0.5) is 0 Å². The molecule has 5 heteroatoms. The highest BCUT2D eigenvalue weighted by atomic mass is 16.1. The number of rotatable bonds is 5. The molecule has 24 heavy (non-hydrogen) atoms. The topological polar surface area (TPSA) is 51.0 Å². The van der Waals surface area contributed by atoms with Crippen LogP contribution in [-0.2, 0) is 13.6 Å². The second kappa shape index (κ2) is 6.93. The highest BCUT2D eigenvalue weighted by molar-refractivity contribution is 5.77. The van der Waals surface area contributed by atoms with Crippen molar-refractivity contribution in [2.45, 2.75) is 25.9 Å². The summed E-state index contributed by atoms with van der Waals surface area (Å²) in [6.07, 6.45) is 4.60. The Hall–Kier alpha value is -2.53. The first-order valence-electron chi connectivity index (χ1n) is 8.16. The fourth-order valence-corrected chi connectivity index (χ4v) is 3.13. The normalized spacial score (nSPS) is 12.7. The van der Waals surface area contributed by atoms with Gasteiger partial charge in [-0.1, -0.05) is 19.1 Å². The van der Waals surface area contributed by atoms with Crippen LogP contribution in [0.1, 0.15) is 30.8 Å². The predicted octanol–water partition coefficient (Wildman–Crippen LogP) is 2.91. The van der Waals surface area contributed by atoms with E-state index in [9.17, 15) is 4.79 Å². The zero-order valence-corrected chi connectivity index (χ0v) is 14.3. The van der Waals surface area contributed by atoms with E-state index in [0.29, 0.717) is 11.9 Å². The quantitative estimate of drug-likeness (QED) is 0.725. The first kappa shape index (κ1) is 16.3. The van der Waals surface area contributed by atoms with Gasteiger partial charge in [-0.15, -0.1) is 0 Å². The number of fused-ring (bicyclic) bond motifs is 1. The van der Waals surface area contributed by atoms with Crippen molar-refractivity contribution in [3.63, 3.8) is 0 Å². The molecule has 0 saturated heterocycles. The lowest BCUT2D eigenvalue weighted by atomic mass is 10.0. The number of nitrogens with zero attached hydrogens (tertiary/aromatic N) is 4. The summed E-state index contributed by atoms with van der Waals surface area (Å²) in [7, 11) is 3.86. The summed E-state index contributed by atoms with van der Waals surface area (Å²) in [4.78, 5) is 23.5. The van der Waals surface area contributed by atoms with E-state index in [1.54, 1.807) is 11.6 Å². The summed E-state index contributed by atoms with van der Waals surface area (Å²) < 4.78 is 1.65. The van der Waals surface area contributed by atoms with Gasteiger partial charge in [0.2, 0.25) is 0 Å². The molecule has 0 N–H and O–H groups in total. The number of hydrogen-bond acceptors (Lipinski definition) is 4. The molecular weight excluding hydrogens is 300 g/mol. The zero-order valence-electron chi connectivity index (χ0n) is 14.3. The molecule has 3 aromatic rings. The van der Waals surface area contributed by atoms with Gasteiger partial charge in [0.05, 0.1) is 17.4 Å². The lowest BCUT2D eigenvalue weighted by Gasteiger charge is -2.27. The first-order valence-corrected chi connectivity index (χ1v) is 8.16. The Balaban J connectivity index is 1.94. The molecule has 0 unspecified atom stereocenters. The van der Waals surface area contributed by atoms with E-state index in [0.717, 1.165) is 17.8 Å². The minimum atomic E-state index is 0.000889. The maximum absolute atomic E-state index is 12.5. The van der Waals surface area contributed by atoms with Crippen LogP contribution in [0.2, 0.25) is 0 Å². The van der Waals surface area contributed by atoms with Gasteiger partial charge >= 0.3 is 0 Å². The molecular formula is C19H22N4O. The zero-order chi connectivity index (χ0) is 17.1. The maximum atomic E-state index is 12.5. The largest absolute Gasteiger partial charge is 0.298 e. The Labute approximate surface area is 141 Å². The Bertz CT molecular complexity index is 889. The fraction of sp³-hybridized carbons (Fsp3) is 0.316. The van der Waals surface area contributed by atoms with E-state index in [1.807, 2.05) is 48.8 Å².